The Kier molecular flexibility index (Phi) is 10.3. The zero-order chi connectivity index (χ0) is 14.6. The Bertz CT molecular complexity index is 218. The van der Waals surface area contributed by atoms with Gasteiger partial charge in [-0.3, -0.25) is 0 Å². The number of aliphatic hydroxyl groups excluding tert-OH is 1. The van der Waals surface area contributed by atoms with Crippen LogP contribution in [0.15, 0.2) is 0 Å². The van der Waals surface area contributed by atoms with E-state index >= 15 is 0 Å². The van der Waals surface area contributed by atoms with E-state index in [9.17, 15) is 5.11 Å². The minimum Gasteiger partial charge on any atom is -0.390 e. The molecule has 1 N–H and O–H groups in total. The van der Waals surface area contributed by atoms with Crippen molar-refractivity contribution in [3.63, 3.8) is 0 Å². The highest BCUT2D eigenvalue weighted by Gasteiger charge is 2.19. The normalized spacial score (nSPS) is 27.0. The maximum Gasteiger partial charge on any atom is 0.0835 e. The highest BCUT2D eigenvalue weighted by Crippen LogP contribution is 2.19. The first-order chi connectivity index (χ1) is 9.70. The lowest BCUT2D eigenvalue weighted by Crippen LogP contribution is -2.30. The molecule has 20 heavy (non-hydrogen) atoms. The van der Waals surface area contributed by atoms with Gasteiger partial charge in [0.1, 0.15) is 0 Å². The van der Waals surface area contributed by atoms with E-state index in [4.69, 9.17) is 9.47 Å². The molecule has 2 atom stereocenters. The van der Waals surface area contributed by atoms with E-state index in [1.165, 1.54) is 44.9 Å². The van der Waals surface area contributed by atoms with Crippen molar-refractivity contribution in [1.82, 2.24) is 0 Å². The molecule has 1 aliphatic rings. The summed E-state index contributed by atoms with van der Waals surface area (Å²) in [5.41, 5.74) is 0. The van der Waals surface area contributed by atoms with Crippen LogP contribution in [0.3, 0.4) is 0 Å². The van der Waals surface area contributed by atoms with Crippen molar-refractivity contribution in [3.05, 3.63) is 0 Å². The summed E-state index contributed by atoms with van der Waals surface area (Å²) in [4.78, 5) is 0. The van der Waals surface area contributed by atoms with Crippen molar-refractivity contribution in [2.24, 2.45) is 0 Å². The molecule has 0 aromatic carbocycles. The SMILES string of the molecule is CC(C)OCCOC1CCCCCCCCCCC1O. The fraction of sp³-hybridized carbons (Fsp3) is 1.00. The van der Waals surface area contributed by atoms with Gasteiger partial charge in [0.25, 0.3) is 0 Å². The molecule has 0 spiro atoms. The van der Waals surface area contributed by atoms with Crippen molar-refractivity contribution in [1.29, 1.82) is 0 Å². The summed E-state index contributed by atoms with van der Waals surface area (Å²) in [6.07, 6.45) is 12.0. The zero-order valence-corrected chi connectivity index (χ0v) is 13.5. The number of aliphatic hydroxyl groups is 1. The van der Waals surface area contributed by atoms with Crippen molar-refractivity contribution < 1.29 is 14.6 Å². The molecule has 1 saturated carbocycles. The fourth-order valence-electron chi connectivity index (χ4n) is 2.82. The van der Waals surface area contributed by atoms with Crippen molar-refractivity contribution >= 4 is 0 Å². The summed E-state index contributed by atoms with van der Waals surface area (Å²) >= 11 is 0. The minimum atomic E-state index is -0.298. The van der Waals surface area contributed by atoms with Gasteiger partial charge in [0.15, 0.2) is 0 Å². The summed E-state index contributed by atoms with van der Waals surface area (Å²) in [5.74, 6) is 0. The van der Waals surface area contributed by atoms with Crippen LogP contribution < -0.4 is 0 Å². The summed E-state index contributed by atoms with van der Waals surface area (Å²) in [5, 5.41) is 10.3. The lowest BCUT2D eigenvalue weighted by molar-refractivity contribution is -0.0692. The van der Waals surface area contributed by atoms with Crippen LogP contribution in [0.4, 0.5) is 0 Å². The van der Waals surface area contributed by atoms with E-state index in [1.807, 2.05) is 13.8 Å². The van der Waals surface area contributed by atoms with Crippen molar-refractivity contribution in [3.8, 4) is 0 Å². The van der Waals surface area contributed by atoms with Gasteiger partial charge in [0.05, 0.1) is 31.5 Å². The topological polar surface area (TPSA) is 38.7 Å². The van der Waals surface area contributed by atoms with Crippen LogP contribution >= 0.6 is 0 Å². The third kappa shape index (κ3) is 8.93. The number of hydrogen-bond donors (Lipinski definition) is 1. The van der Waals surface area contributed by atoms with E-state index in [2.05, 4.69) is 0 Å². The summed E-state index contributed by atoms with van der Waals surface area (Å²) in [7, 11) is 0. The van der Waals surface area contributed by atoms with Crippen molar-refractivity contribution in [2.45, 2.75) is 96.4 Å². The predicted octanol–water partition coefficient (Wildman–Crippen LogP) is 4.07. The van der Waals surface area contributed by atoms with Gasteiger partial charge in [-0.2, -0.15) is 0 Å². The maximum atomic E-state index is 10.3. The molecule has 0 aromatic rings. The summed E-state index contributed by atoms with van der Waals surface area (Å²) in [6, 6.07) is 0. The van der Waals surface area contributed by atoms with E-state index in [-0.39, 0.29) is 18.3 Å². The minimum absolute atomic E-state index is 0.00480. The molecule has 0 saturated heterocycles. The van der Waals surface area contributed by atoms with Gasteiger partial charge in [-0.15, -0.1) is 0 Å². The second-order valence-electron chi connectivity index (χ2n) is 6.30. The molecular weight excluding hydrogens is 252 g/mol. The van der Waals surface area contributed by atoms with Gasteiger partial charge in [0, 0.05) is 0 Å². The van der Waals surface area contributed by atoms with Gasteiger partial charge in [0.2, 0.25) is 0 Å². The Balaban J connectivity index is 2.28. The summed E-state index contributed by atoms with van der Waals surface area (Å²) < 4.78 is 11.4. The molecule has 3 heteroatoms. The molecule has 0 bridgehead atoms. The molecule has 120 valence electrons. The third-order valence-electron chi connectivity index (χ3n) is 4.03. The first-order valence-electron chi connectivity index (χ1n) is 8.61. The largest absolute Gasteiger partial charge is 0.390 e. The predicted molar refractivity (Wildman–Crippen MR) is 83.0 cm³/mol. The van der Waals surface area contributed by atoms with E-state index in [0.29, 0.717) is 13.2 Å². The van der Waals surface area contributed by atoms with E-state index in [1.54, 1.807) is 0 Å². The van der Waals surface area contributed by atoms with Crippen LogP contribution in [0.2, 0.25) is 0 Å². The van der Waals surface area contributed by atoms with E-state index in [0.717, 1.165) is 19.3 Å². The van der Waals surface area contributed by atoms with Gasteiger partial charge >= 0.3 is 0 Å². The van der Waals surface area contributed by atoms with Crippen LogP contribution in [-0.2, 0) is 9.47 Å². The average molecular weight is 286 g/mol. The lowest BCUT2D eigenvalue weighted by Gasteiger charge is -2.24. The van der Waals surface area contributed by atoms with Crippen LogP contribution in [0.1, 0.15) is 78.1 Å². The Hall–Kier alpha value is -0.120. The molecule has 1 rings (SSSR count). The van der Waals surface area contributed by atoms with Gasteiger partial charge in [-0.05, 0) is 26.7 Å². The van der Waals surface area contributed by atoms with Crippen molar-refractivity contribution in [2.75, 3.05) is 13.2 Å². The molecular formula is C17H34O3. The van der Waals surface area contributed by atoms with Crippen LogP contribution in [0.5, 0.6) is 0 Å². The monoisotopic (exact) mass is 286 g/mol. The summed E-state index contributed by atoms with van der Waals surface area (Å²) in [6.45, 7) is 5.29. The lowest BCUT2D eigenvalue weighted by atomic mass is 9.97. The van der Waals surface area contributed by atoms with Gasteiger partial charge in [-0.25, -0.2) is 0 Å². The third-order valence-corrected chi connectivity index (χ3v) is 4.03. The fourth-order valence-corrected chi connectivity index (χ4v) is 2.82. The molecule has 0 aliphatic heterocycles. The van der Waals surface area contributed by atoms with Crippen LogP contribution in [-0.4, -0.2) is 36.6 Å². The van der Waals surface area contributed by atoms with Gasteiger partial charge in [-0.1, -0.05) is 51.4 Å². The second kappa shape index (κ2) is 11.5. The smallest absolute Gasteiger partial charge is 0.0835 e. The molecule has 0 aromatic heterocycles. The molecule has 3 nitrogen and oxygen atoms in total. The highest BCUT2D eigenvalue weighted by atomic mass is 16.5. The average Bonchev–Trinajstić information content (AvgIpc) is 2.40. The quantitative estimate of drug-likeness (QED) is 0.774. The van der Waals surface area contributed by atoms with E-state index < -0.39 is 0 Å². The number of rotatable bonds is 5. The van der Waals surface area contributed by atoms with Crippen LogP contribution in [0.25, 0.3) is 0 Å². The Morgan fingerprint density at radius 3 is 2.00 bits per heavy atom. The Labute approximate surface area is 125 Å². The number of hydrogen-bond acceptors (Lipinski definition) is 3. The van der Waals surface area contributed by atoms with Gasteiger partial charge < -0.3 is 14.6 Å². The number of ether oxygens (including phenoxy) is 2. The molecule has 0 amide bonds. The highest BCUT2D eigenvalue weighted by molar-refractivity contribution is 4.70. The second-order valence-corrected chi connectivity index (χ2v) is 6.30. The molecule has 0 heterocycles. The molecule has 1 aliphatic carbocycles. The zero-order valence-electron chi connectivity index (χ0n) is 13.5. The van der Waals surface area contributed by atoms with Crippen LogP contribution in [0, 0.1) is 0 Å². The first kappa shape index (κ1) is 17.9. The molecule has 0 radical (unpaired) electrons. The first-order valence-corrected chi connectivity index (χ1v) is 8.61. The Morgan fingerprint density at radius 2 is 1.40 bits per heavy atom. The Morgan fingerprint density at radius 1 is 0.850 bits per heavy atom. The molecule has 1 fully saturated rings. The standard InChI is InChI=1S/C17H34O3/c1-15(2)19-13-14-20-17-12-10-8-6-4-3-5-7-9-11-16(17)18/h15-18H,3-14H2,1-2H3. The molecule has 2 unspecified atom stereocenters. The maximum absolute atomic E-state index is 10.3.